The molecule has 1 fully saturated rings. The van der Waals surface area contributed by atoms with Crippen LogP contribution in [0.1, 0.15) is 52.1 Å². The van der Waals surface area contributed by atoms with Gasteiger partial charge in [-0.3, -0.25) is 9.59 Å². The molecule has 0 spiro atoms. The Balaban J connectivity index is 1.39. The van der Waals surface area contributed by atoms with Gasteiger partial charge in [0.15, 0.2) is 5.78 Å². The average molecular weight is 354 g/mol. The van der Waals surface area contributed by atoms with E-state index in [0.29, 0.717) is 41.8 Å². The highest BCUT2D eigenvalue weighted by molar-refractivity contribution is 6.13. The summed E-state index contributed by atoms with van der Waals surface area (Å²) in [5.74, 6) is 0.259. The molecule has 136 valence electrons. The van der Waals surface area contributed by atoms with Crippen molar-refractivity contribution in [1.29, 1.82) is 0 Å². The van der Waals surface area contributed by atoms with Crippen LogP contribution in [0.25, 0.3) is 0 Å². The summed E-state index contributed by atoms with van der Waals surface area (Å²) < 4.78 is 5.67. The van der Waals surface area contributed by atoms with Crippen molar-refractivity contribution in [2.24, 2.45) is 0 Å². The largest absolute Gasteiger partial charge is 0.476 e. The molecule has 0 saturated carbocycles. The lowest BCUT2D eigenvalue weighted by molar-refractivity contribution is 0.0956. The van der Waals surface area contributed by atoms with Gasteiger partial charge in [0, 0.05) is 30.4 Å². The number of hydrogen-bond donors (Lipinski definition) is 3. The lowest BCUT2D eigenvalue weighted by Crippen LogP contribution is -2.28. The molecule has 0 unspecified atom stereocenters. The summed E-state index contributed by atoms with van der Waals surface area (Å²) in [5.41, 5.74) is 2.36. The molecule has 2 aromatic rings. The van der Waals surface area contributed by atoms with Gasteiger partial charge in [0.1, 0.15) is 6.61 Å². The number of hydrogen-bond acceptors (Lipinski definition) is 5. The van der Waals surface area contributed by atoms with Crippen LogP contribution in [0.15, 0.2) is 24.5 Å². The van der Waals surface area contributed by atoms with E-state index >= 15 is 0 Å². The first-order valence-corrected chi connectivity index (χ1v) is 9.08. The van der Waals surface area contributed by atoms with Crippen LogP contribution in [0, 0.1) is 0 Å². The van der Waals surface area contributed by atoms with Crippen molar-refractivity contribution in [2.75, 3.05) is 18.5 Å². The Labute approximate surface area is 151 Å². The highest BCUT2D eigenvalue weighted by atomic mass is 16.5. The summed E-state index contributed by atoms with van der Waals surface area (Å²) in [6.07, 6.45) is 7.60. The third-order valence-electron chi connectivity index (χ3n) is 4.90. The Morgan fingerprint density at radius 1 is 1.31 bits per heavy atom. The number of amides is 1. The summed E-state index contributed by atoms with van der Waals surface area (Å²) in [7, 11) is 0. The third kappa shape index (κ3) is 3.48. The number of H-pyrrole nitrogens is 1. The molecule has 0 radical (unpaired) electrons. The molecule has 7 heteroatoms. The maximum atomic E-state index is 12.5. The zero-order valence-electron chi connectivity index (χ0n) is 14.5. The first-order valence-electron chi connectivity index (χ1n) is 9.08. The second-order valence-corrected chi connectivity index (χ2v) is 6.78. The van der Waals surface area contributed by atoms with E-state index in [1.54, 1.807) is 24.5 Å². The molecule has 1 saturated heterocycles. The quantitative estimate of drug-likeness (QED) is 0.766. The number of rotatable bonds is 5. The van der Waals surface area contributed by atoms with Crippen LogP contribution in [-0.4, -0.2) is 40.9 Å². The van der Waals surface area contributed by atoms with E-state index in [0.717, 1.165) is 31.5 Å². The molecule has 1 amide bonds. The number of aryl methyl sites for hydroxylation is 1. The van der Waals surface area contributed by atoms with Gasteiger partial charge < -0.3 is 20.4 Å². The fourth-order valence-electron chi connectivity index (χ4n) is 3.53. The molecule has 3 heterocycles. The van der Waals surface area contributed by atoms with Crippen LogP contribution < -0.4 is 15.4 Å². The van der Waals surface area contributed by atoms with E-state index in [1.807, 2.05) is 0 Å². The van der Waals surface area contributed by atoms with Gasteiger partial charge in [-0.1, -0.05) is 0 Å². The van der Waals surface area contributed by atoms with E-state index in [9.17, 15) is 9.59 Å². The first kappa shape index (κ1) is 16.8. The van der Waals surface area contributed by atoms with Crippen molar-refractivity contribution >= 4 is 17.4 Å². The number of Topliss-reactive ketones (excluding diaryl/α,β-unsaturated/α-hetero) is 1. The Morgan fingerprint density at radius 3 is 3.00 bits per heavy atom. The van der Waals surface area contributed by atoms with Crippen molar-refractivity contribution in [3.05, 3.63) is 41.3 Å². The SMILES string of the molecule is O=C(Nc1ccc(OC[C@H]2CCCN2)nc1)c1c[nH]c2c1C(=O)CCC2. The van der Waals surface area contributed by atoms with Gasteiger partial charge >= 0.3 is 0 Å². The van der Waals surface area contributed by atoms with Crippen LogP contribution in [0.2, 0.25) is 0 Å². The average Bonchev–Trinajstić information content (AvgIpc) is 3.31. The van der Waals surface area contributed by atoms with Crippen molar-refractivity contribution in [3.8, 4) is 5.88 Å². The molecule has 7 nitrogen and oxygen atoms in total. The van der Waals surface area contributed by atoms with E-state index in [4.69, 9.17) is 4.74 Å². The fourth-order valence-corrected chi connectivity index (χ4v) is 3.53. The molecule has 4 rings (SSSR count). The van der Waals surface area contributed by atoms with Gasteiger partial charge in [-0.15, -0.1) is 0 Å². The summed E-state index contributed by atoms with van der Waals surface area (Å²) in [6, 6.07) is 3.87. The van der Waals surface area contributed by atoms with Gasteiger partial charge in [0.25, 0.3) is 5.91 Å². The summed E-state index contributed by atoms with van der Waals surface area (Å²) >= 11 is 0. The van der Waals surface area contributed by atoms with Crippen molar-refractivity contribution in [2.45, 2.75) is 38.1 Å². The number of fused-ring (bicyclic) bond motifs is 1. The fraction of sp³-hybridized carbons (Fsp3) is 0.421. The Kier molecular flexibility index (Phi) is 4.71. The molecular weight excluding hydrogens is 332 g/mol. The Bertz CT molecular complexity index is 807. The predicted molar refractivity (Wildman–Crippen MR) is 96.8 cm³/mol. The van der Waals surface area contributed by atoms with Gasteiger partial charge in [-0.05, 0) is 38.3 Å². The maximum Gasteiger partial charge on any atom is 0.257 e. The van der Waals surface area contributed by atoms with E-state index in [1.165, 1.54) is 6.42 Å². The molecule has 2 aromatic heterocycles. The van der Waals surface area contributed by atoms with Gasteiger partial charge in [0.05, 0.1) is 23.0 Å². The Hall–Kier alpha value is -2.67. The molecular formula is C19H22N4O3. The molecule has 1 aliphatic carbocycles. The number of aromatic amines is 1. The lowest BCUT2D eigenvalue weighted by Gasteiger charge is -2.12. The van der Waals surface area contributed by atoms with Crippen molar-refractivity contribution in [1.82, 2.24) is 15.3 Å². The number of ketones is 1. The second-order valence-electron chi connectivity index (χ2n) is 6.78. The molecule has 3 N–H and O–H groups in total. The summed E-state index contributed by atoms with van der Waals surface area (Å²) in [4.78, 5) is 31.9. The monoisotopic (exact) mass is 354 g/mol. The number of ether oxygens (including phenoxy) is 1. The lowest BCUT2D eigenvalue weighted by atomic mass is 9.93. The molecule has 0 bridgehead atoms. The molecule has 26 heavy (non-hydrogen) atoms. The Morgan fingerprint density at radius 2 is 2.23 bits per heavy atom. The van der Waals surface area contributed by atoms with E-state index in [-0.39, 0.29) is 11.7 Å². The van der Waals surface area contributed by atoms with Gasteiger partial charge in [-0.25, -0.2) is 4.98 Å². The number of pyridine rings is 1. The van der Waals surface area contributed by atoms with Crippen LogP contribution in [0.3, 0.4) is 0 Å². The van der Waals surface area contributed by atoms with Crippen LogP contribution in [0.4, 0.5) is 5.69 Å². The van der Waals surface area contributed by atoms with Gasteiger partial charge in [-0.2, -0.15) is 0 Å². The normalized spacial score (nSPS) is 19.2. The molecule has 1 aliphatic heterocycles. The van der Waals surface area contributed by atoms with E-state index < -0.39 is 0 Å². The minimum absolute atomic E-state index is 0.0278. The summed E-state index contributed by atoms with van der Waals surface area (Å²) in [5, 5.41) is 6.17. The third-order valence-corrected chi connectivity index (χ3v) is 4.90. The highest BCUT2D eigenvalue weighted by Crippen LogP contribution is 2.25. The number of nitrogens with one attached hydrogen (secondary N) is 3. The number of carbonyl (C=O) groups excluding carboxylic acids is 2. The highest BCUT2D eigenvalue weighted by Gasteiger charge is 2.25. The van der Waals surface area contributed by atoms with E-state index in [2.05, 4.69) is 20.6 Å². The first-order chi connectivity index (χ1) is 12.7. The minimum atomic E-state index is -0.302. The zero-order chi connectivity index (χ0) is 17.9. The maximum absolute atomic E-state index is 12.5. The standard InChI is InChI=1S/C19H22N4O3/c24-16-5-1-4-15-18(16)14(10-21-15)19(25)23-12-6-7-17(22-9-12)26-11-13-3-2-8-20-13/h6-7,9-10,13,20-21H,1-5,8,11H2,(H,23,25)/t13-/m1/s1. The number of carbonyl (C=O) groups is 2. The minimum Gasteiger partial charge on any atom is -0.476 e. The predicted octanol–water partition coefficient (Wildman–Crippen LogP) is 2.31. The topological polar surface area (TPSA) is 96.1 Å². The second kappa shape index (κ2) is 7.29. The molecule has 1 atom stereocenters. The summed E-state index contributed by atoms with van der Waals surface area (Å²) in [6.45, 7) is 1.63. The van der Waals surface area contributed by atoms with Crippen LogP contribution in [0.5, 0.6) is 5.88 Å². The number of nitrogens with zero attached hydrogens (tertiary/aromatic N) is 1. The zero-order valence-corrected chi connectivity index (χ0v) is 14.5. The van der Waals surface area contributed by atoms with Crippen LogP contribution >= 0.6 is 0 Å². The van der Waals surface area contributed by atoms with Crippen molar-refractivity contribution < 1.29 is 14.3 Å². The van der Waals surface area contributed by atoms with Crippen LogP contribution in [-0.2, 0) is 6.42 Å². The molecule has 0 aromatic carbocycles. The number of anilines is 1. The molecule has 2 aliphatic rings. The van der Waals surface area contributed by atoms with Crippen molar-refractivity contribution in [3.63, 3.8) is 0 Å². The van der Waals surface area contributed by atoms with Gasteiger partial charge in [0.2, 0.25) is 5.88 Å². The smallest absolute Gasteiger partial charge is 0.257 e. The number of aromatic nitrogens is 2.